The van der Waals surface area contributed by atoms with E-state index in [9.17, 15) is 4.79 Å². The summed E-state index contributed by atoms with van der Waals surface area (Å²) in [7, 11) is 0. The Bertz CT molecular complexity index is 500. The molecule has 21 heavy (non-hydrogen) atoms. The van der Waals surface area contributed by atoms with Gasteiger partial charge in [0, 0.05) is 13.1 Å². The molecule has 1 aliphatic carbocycles. The molecular formula is C18H26N2O. The lowest BCUT2D eigenvalue weighted by molar-refractivity contribution is -0.123. The number of benzene rings is 1. The van der Waals surface area contributed by atoms with Crippen LogP contribution >= 0.6 is 0 Å². The zero-order valence-corrected chi connectivity index (χ0v) is 12.9. The van der Waals surface area contributed by atoms with Crippen molar-refractivity contribution >= 4 is 5.91 Å². The summed E-state index contributed by atoms with van der Waals surface area (Å²) in [6.07, 6.45) is 6.25. The molecule has 0 saturated heterocycles. The Labute approximate surface area is 127 Å². The molecule has 0 bridgehead atoms. The Hall–Kier alpha value is -1.35. The highest BCUT2D eigenvalue weighted by Gasteiger charge is 2.27. The van der Waals surface area contributed by atoms with E-state index in [0.717, 1.165) is 31.0 Å². The SMILES string of the molecule is CC1CCCCC1CNC(=O)C1NCCc2ccccc21. The molecule has 3 atom stereocenters. The average molecular weight is 286 g/mol. The van der Waals surface area contributed by atoms with Crippen LogP contribution < -0.4 is 10.6 Å². The maximum absolute atomic E-state index is 12.5. The molecule has 0 radical (unpaired) electrons. The third-order valence-electron chi connectivity index (χ3n) is 5.20. The standard InChI is InChI=1S/C18H26N2O/c1-13-6-2-3-8-15(13)12-20-18(21)17-16-9-5-4-7-14(16)10-11-19-17/h4-5,7,9,13,15,17,19H,2-3,6,8,10-12H2,1H3,(H,20,21). The minimum absolute atomic E-state index is 0.139. The van der Waals surface area contributed by atoms with Gasteiger partial charge >= 0.3 is 0 Å². The third kappa shape index (κ3) is 3.29. The molecule has 1 aromatic rings. The van der Waals surface area contributed by atoms with Crippen molar-refractivity contribution in [2.45, 2.75) is 45.1 Å². The first-order chi connectivity index (χ1) is 10.3. The Morgan fingerprint density at radius 1 is 1.29 bits per heavy atom. The molecule has 1 heterocycles. The Morgan fingerprint density at radius 3 is 2.95 bits per heavy atom. The van der Waals surface area contributed by atoms with Crippen LogP contribution in [0, 0.1) is 11.8 Å². The highest BCUT2D eigenvalue weighted by atomic mass is 16.2. The van der Waals surface area contributed by atoms with E-state index in [0.29, 0.717) is 5.92 Å². The normalized spacial score (nSPS) is 28.7. The highest BCUT2D eigenvalue weighted by molar-refractivity contribution is 5.83. The first-order valence-electron chi connectivity index (χ1n) is 8.34. The number of carbonyl (C=O) groups is 1. The second kappa shape index (κ2) is 6.61. The summed E-state index contributed by atoms with van der Waals surface area (Å²) in [5, 5.41) is 6.55. The van der Waals surface area contributed by atoms with Crippen molar-refractivity contribution < 1.29 is 4.79 Å². The summed E-state index contributed by atoms with van der Waals surface area (Å²) in [6, 6.07) is 8.13. The fraction of sp³-hybridized carbons (Fsp3) is 0.611. The number of amides is 1. The van der Waals surface area contributed by atoms with E-state index in [1.807, 2.05) is 6.07 Å². The number of fused-ring (bicyclic) bond motifs is 1. The first-order valence-corrected chi connectivity index (χ1v) is 8.34. The monoisotopic (exact) mass is 286 g/mol. The molecule has 3 nitrogen and oxygen atoms in total. The van der Waals surface area contributed by atoms with Gasteiger partial charge in [0.05, 0.1) is 0 Å². The van der Waals surface area contributed by atoms with E-state index in [4.69, 9.17) is 0 Å². The van der Waals surface area contributed by atoms with E-state index in [-0.39, 0.29) is 11.9 Å². The van der Waals surface area contributed by atoms with Gasteiger partial charge in [-0.05, 0) is 35.8 Å². The molecule has 1 fully saturated rings. The topological polar surface area (TPSA) is 41.1 Å². The number of hydrogen-bond donors (Lipinski definition) is 2. The van der Waals surface area contributed by atoms with Gasteiger partial charge in [-0.2, -0.15) is 0 Å². The molecule has 1 aliphatic heterocycles. The number of carbonyl (C=O) groups excluding carboxylic acids is 1. The molecule has 3 heteroatoms. The average Bonchev–Trinajstić information content (AvgIpc) is 2.53. The van der Waals surface area contributed by atoms with E-state index in [2.05, 4.69) is 35.8 Å². The van der Waals surface area contributed by atoms with Gasteiger partial charge < -0.3 is 10.6 Å². The number of hydrogen-bond acceptors (Lipinski definition) is 2. The van der Waals surface area contributed by atoms with Crippen molar-refractivity contribution in [3.05, 3.63) is 35.4 Å². The van der Waals surface area contributed by atoms with Crippen LogP contribution in [0.15, 0.2) is 24.3 Å². The number of rotatable bonds is 3. The van der Waals surface area contributed by atoms with Crippen LogP contribution in [0.1, 0.15) is 49.8 Å². The van der Waals surface area contributed by atoms with Crippen molar-refractivity contribution in [3.8, 4) is 0 Å². The van der Waals surface area contributed by atoms with Gasteiger partial charge in [-0.1, -0.05) is 50.5 Å². The molecule has 114 valence electrons. The van der Waals surface area contributed by atoms with Crippen molar-refractivity contribution in [1.82, 2.24) is 10.6 Å². The summed E-state index contributed by atoms with van der Waals surface area (Å²) < 4.78 is 0. The first kappa shape index (κ1) is 14.6. The predicted molar refractivity (Wildman–Crippen MR) is 85.0 cm³/mol. The molecule has 3 unspecified atom stereocenters. The second-order valence-corrected chi connectivity index (χ2v) is 6.60. The zero-order chi connectivity index (χ0) is 14.7. The minimum atomic E-state index is -0.172. The van der Waals surface area contributed by atoms with Gasteiger partial charge in [-0.15, -0.1) is 0 Å². The maximum Gasteiger partial charge on any atom is 0.241 e. The van der Waals surface area contributed by atoms with Crippen molar-refractivity contribution in [2.24, 2.45) is 11.8 Å². The second-order valence-electron chi connectivity index (χ2n) is 6.60. The lowest BCUT2D eigenvalue weighted by Crippen LogP contribution is -2.43. The van der Waals surface area contributed by atoms with Crippen LogP contribution in [0.4, 0.5) is 0 Å². The van der Waals surface area contributed by atoms with Crippen LogP contribution in [0.5, 0.6) is 0 Å². The Balaban J connectivity index is 1.61. The van der Waals surface area contributed by atoms with Crippen LogP contribution in [-0.4, -0.2) is 19.0 Å². The Morgan fingerprint density at radius 2 is 2.10 bits per heavy atom. The summed E-state index contributed by atoms with van der Waals surface area (Å²) in [5.41, 5.74) is 2.46. The molecule has 0 aromatic heterocycles. The van der Waals surface area contributed by atoms with E-state index < -0.39 is 0 Å². The fourth-order valence-corrected chi connectivity index (χ4v) is 3.77. The lowest BCUT2D eigenvalue weighted by atomic mass is 9.80. The lowest BCUT2D eigenvalue weighted by Gasteiger charge is -2.30. The van der Waals surface area contributed by atoms with Crippen LogP contribution in [0.3, 0.4) is 0 Å². The number of nitrogens with one attached hydrogen (secondary N) is 2. The quantitative estimate of drug-likeness (QED) is 0.897. The molecule has 3 rings (SSSR count). The van der Waals surface area contributed by atoms with Gasteiger partial charge in [0.2, 0.25) is 5.91 Å². The molecule has 1 aromatic carbocycles. The summed E-state index contributed by atoms with van der Waals surface area (Å²) in [4.78, 5) is 12.5. The fourth-order valence-electron chi connectivity index (χ4n) is 3.77. The van der Waals surface area contributed by atoms with Gasteiger partial charge in [0.15, 0.2) is 0 Å². The minimum Gasteiger partial charge on any atom is -0.354 e. The van der Waals surface area contributed by atoms with Gasteiger partial charge in [-0.25, -0.2) is 0 Å². The van der Waals surface area contributed by atoms with Gasteiger partial charge in [0.1, 0.15) is 6.04 Å². The van der Waals surface area contributed by atoms with Crippen LogP contribution in [0.25, 0.3) is 0 Å². The van der Waals surface area contributed by atoms with E-state index in [1.54, 1.807) is 0 Å². The van der Waals surface area contributed by atoms with Gasteiger partial charge in [-0.3, -0.25) is 4.79 Å². The zero-order valence-electron chi connectivity index (χ0n) is 12.9. The molecule has 0 spiro atoms. The van der Waals surface area contributed by atoms with Gasteiger partial charge in [0.25, 0.3) is 0 Å². The molecular weight excluding hydrogens is 260 g/mol. The smallest absolute Gasteiger partial charge is 0.241 e. The van der Waals surface area contributed by atoms with E-state index in [1.165, 1.54) is 31.2 Å². The summed E-state index contributed by atoms with van der Waals surface area (Å²) in [6.45, 7) is 4.04. The molecule has 2 aliphatic rings. The van der Waals surface area contributed by atoms with E-state index >= 15 is 0 Å². The van der Waals surface area contributed by atoms with Crippen LogP contribution in [-0.2, 0) is 11.2 Å². The summed E-state index contributed by atoms with van der Waals surface area (Å²) >= 11 is 0. The molecule has 1 amide bonds. The maximum atomic E-state index is 12.5. The predicted octanol–water partition coefficient (Wildman–Crippen LogP) is 2.82. The van der Waals surface area contributed by atoms with Crippen molar-refractivity contribution in [2.75, 3.05) is 13.1 Å². The van der Waals surface area contributed by atoms with Crippen LogP contribution in [0.2, 0.25) is 0 Å². The largest absolute Gasteiger partial charge is 0.354 e. The molecule has 2 N–H and O–H groups in total. The molecule has 1 saturated carbocycles. The Kier molecular flexibility index (Phi) is 4.59. The van der Waals surface area contributed by atoms with Crippen molar-refractivity contribution in [3.63, 3.8) is 0 Å². The van der Waals surface area contributed by atoms with Crippen molar-refractivity contribution in [1.29, 1.82) is 0 Å². The highest BCUT2D eigenvalue weighted by Crippen LogP contribution is 2.29. The third-order valence-corrected chi connectivity index (χ3v) is 5.20. The summed E-state index contributed by atoms with van der Waals surface area (Å²) in [5.74, 6) is 1.53.